The zero-order valence-electron chi connectivity index (χ0n) is 11.1. The molecular formula is C14H11F2NO4S. The lowest BCUT2D eigenvalue weighted by Gasteiger charge is -2.05. The lowest BCUT2D eigenvalue weighted by atomic mass is 10.3. The Kier molecular flexibility index (Phi) is 4.71. The van der Waals surface area contributed by atoms with E-state index < -0.39 is 26.4 Å². The van der Waals surface area contributed by atoms with E-state index in [9.17, 15) is 22.0 Å². The highest BCUT2D eigenvalue weighted by atomic mass is 32.2. The monoisotopic (exact) mass is 327 g/mol. The summed E-state index contributed by atoms with van der Waals surface area (Å²) in [5.41, 5.74) is 0.280. The largest absolute Gasteiger partial charge is 0.465 e. The Morgan fingerprint density at radius 2 is 1.86 bits per heavy atom. The first-order chi connectivity index (χ1) is 10.4. The molecule has 116 valence electrons. The number of nitrogens with one attached hydrogen (secondary N) is 1. The average Bonchev–Trinajstić information content (AvgIpc) is 2.99. The van der Waals surface area contributed by atoms with Crippen LogP contribution in [-0.2, 0) is 14.6 Å². The van der Waals surface area contributed by atoms with E-state index in [4.69, 9.17) is 4.42 Å². The number of sulfone groups is 1. The zero-order valence-corrected chi connectivity index (χ0v) is 11.9. The van der Waals surface area contributed by atoms with E-state index in [1.807, 2.05) is 0 Å². The molecule has 8 heteroatoms. The number of carbonyl (C=O) groups is 1. The van der Waals surface area contributed by atoms with Crippen molar-refractivity contribution in [2.45, 2.75) is 10.7 Å². The van der Waals surface area contributed by atoms with Crippen LogP contribution in [0.25, 0.3) is 6.08 Å². The van der Waals surface area contributed by atoms with Crippen molar-refractivity contribution in [2.75, 3.05) is 5.32 Å². The molecule has 1 aromatic carbocycles. The maximum atomic E-state index is 12.4. The van der Waals surface area contributed by atoms with Crippen molar-refractivity contribution in [2.24, 2.45) is 0 Å². The lowest BCUT2D eigenvalue weighted by Crippen LogP contribution is -2.12. The quantitative estimate of drug-likeness (QED) is 0.857. The molecule has 1 amide bonds. The van der Waals surface area contributed by atoms with Crippen LogP contribution in [0.2, 0.25) is 0 Å². The van der Waals surface area contributed by atoms with Gasteiger partial charge in [0.25, 0.3) is 0 Å². The highest BCUT2D eigenvalue weighted by Crippen LogP contribution is 2.20. The number of carbonyl (C=O) groups excluding carboxylic acids is 1. The fourth-order valence-electron chi connectivity index (χ4n) is 1.56. The minimum atomic E-state index is -4.63. The Balaban J connectivity index is 2.04. The van der Waals surface area contributed by atoms with Crippen molar-refractivity contribution in [1.29, 1.82) is 0 Å². The van der Waals surface area contributed by atoms with Crippen molar-refractivity contribution in [3.05, 3.63) is 54.5 Å². The van der Waals surface area contributed by atoms with Crippen LogP contribution in [0.5, 0.6) is 0 Å². The minimum Gasteiger partial charge on any atom is -0.465 e. The standard InChI is InChI=1S/C14H11F2NO4S/c15-14(16)22(19,20)12-6-3-10(4-7-12)17-13(18)8-5-11-2-1-9-21-11/h1-9,14H,(H,17,18)/b8-5+. The number of alkyl halides is 2. The average molecular weight is 327 g/mol. The molecule has 0 atom stereocenters. The van der Waals surface area contributed by atoms with Gasteiger partial charge in [-0.15, -0.1) is 0 Å². The maximum Gasteiger partial charge on any atom is 0.341 e. The molecule has 0 saturated heterocycles. The first-order valence-electron chi connectivity index (χ1n) is 6.04. The molecule has 1 aromatic heterocycles. The Labute approximate surface area is 125 Å². The molecular weight excluding hydrogens is 316 g/mol. The van der Waals surface area contributed by atoms with Gasteiger partial charge in [-0.1, -0.05) is 0 Å². The third-order valence-electron chi connectivity index (χ3n) is 2.63. The van der Waals surface area contributed by atoms with Crippen molar-refractivity contribution in [3.8, 4) is 0 Å². The van der Waals surface area contributed by atoms with Crippen LogP contribution in [0.15, 0.2) is 58.1 Å². The number of furan rings is 1. The molecule has 0 unspecified atom stereocenters. The number of rotatable bonds is 5. The molecule has 0 aliphatic carbocycles. The first-order valence-corrected chi connectivity index (χ1v) is 7.59. The molecule has 1 N–H and O–H groups in total. The van der Waals surface area contributed by atoms with Crippen molar-refractivity contribution < 1.29 is 26.4 Å². The second-order valence-electron chi connectivity index (χ2n) is 4.17. The van der Waals surface area contributed by atoms with Gasteiger partial charge in [-0.25, -0.2) is 8.42 Å². The number of hydrogen-bond acceptors (Lipinski definition) is 4. The topological polar surface area (TPSA) is 76.4 Å². The van der Waals surface area contributed by atoms with E-state index in [0.29, 0.717) is 5.76 Å². The van der Waals surface area contributed by atoms with Gasteiger partial charge in [0.1, 0.15) is 5.76 Å². The second kappa shape index (κ2) is 6.52. The van der Waals surface area contributed by atoms with Crippen LogP contribution in [-0.4, -0.2) is 20.1 Å². The number of halogens is 2. The molecule has 0 bridgehead atoms. The van der Waals surface area contributed by atoms with Crippen molar-refractivity contribution in [3.63, 3.8) is 0 Å². The van der Waals surface area contributed by atoms with Gasteiger partial charge in [0, 0.05) is 11.8 Å². The van der Waals surface area contributed by atoms with Gasteiger partial charge < -0.3 is 9.73 Å². The van der Waals surface area contributed by atoms with Crippen LogP contribution in [0, 0.1) is 0 Å². The summed E-state index contributed by atoms with van der Waals surface area (Å²) >= 11 is 0. The predicted molar refractivity (Wildman–Crippen MR) is 76.0 cm³/mol. The van der Waals surface area contributed by atoms with Crippen LogP contribution in [0.3, 0.4) is 0 Å². The summed E-state index contributed by atoms with van der Waals surface area (Å²) in [4.78, 5) is 11.1. The van der Waals surface area contributed by atoms with Gasteiger partial charge in [-0.05, 0) is 42.5 Å². The van der Waals surface area contributed by atoms with E-state index in [1.54, 1.807) is 12.1 Å². The molecule has 2 aromatic rings. The van der Waals surface area contributed by atoms with E-state index in [0.717, 1.165) is 12.1 Å². The summed E-state index contributed by atoms with van der Waals surface area (Å²) in [5.74, 6) is -3.46. The molecule has 5 nitrogen and oxygen atoms in total. The maximum absolute atomic E-state index is 12.4. The molecule has 2 rings (SSSR count). The van der Waals surface area contributed by atoms with Crippen LogP contribution < -0.4 is 5.32 Å². The van der Waals surface area contributed by atoms with Crippen LogP contribution in [0.1, 0.15) is 5.76 Å². The lowest BCUT2D eigenvalue weighted by molar-refractivity contribution is -0.111. The highest BCUT2D eigenvalue weighted by molar-refractivity contribution is 7.91. The van der Waals surface area contributed by atoms with Crippen LogP contribution >= 0.6 is 0 Å². The fraction of sp³-hybridized carbons (Fsp3) is 0.0714. The normalized spacial score (nSPS) is 12.0. The summed E-state index contributed by atoms with van der Waals surface area (Å²) in [6.45, 7) is 0. The summed E-state index contributed by atoms with van der Waals surface area (Å²) < 4.78 is 52.2. The number of anilines is 1. The first kappa shape index (κ1) is 15.9. The summed E-state index contributed by atoms with van der Waals surface area (Å²) in [6.07, 6.45) is 4.13. The highest BCUT2D eigenvalue weighted by Gasteiger charge is 2.26. The molecule has 0 aliphatic heterocycles. The van der Waals surface area contributed by atoms with Gasteiger partial charge >= 0.3 is 5.76 Å². The van der Waals surface area contributed by atoms with Gasteiger partial charge in [0.15, 0.2) is 0 Å². The van der Waals surface area contributed by atoms with Gasteiger partial charge in [-0.2, -0.15) is 8.78 Å². The fourth-order valence-corrected chi connectivity index (χ4v) is 2.28. The van der Waals surface area contributed by atoms with E-state index in [1.165, 1.54) is 30.5 Å². The molecule has 0 saturated carbocycles. The number of benzene rings is 1. The van der Waals surface area contributed by atoms with Crippen molar-refractivity contribution >= 4 is 27.5 Å². The van der Waals surface area contributed by atoms with E-state index in [-0.39, 0.29) is 5.69 Å². The summed E-state index contributed by atoms with van der Waals surface area (Å²) in [5, 5.41) is 2.46. The Morgan fingerprint density at radius 3 is 2.41 bits per heavy atom. The minimum absolute atomic E-state index is 0.280. The van der Waals surface area contributed by atoms with Gasteiger partial charge in [0.05, 0.1) is 11.2 Å². The molecule has 22 heavy (non-hydrogen) atoms. The molecule has 0 fully saturated rings. The summed E-state index contributed by atoms with van der Waals surface area (Å²) in [7, 11) is -4.63. The number of amides is 1. The molecule has 0 radical (unpaired) electrons. The SMILES string of the molecule is O=C(/C=C/c1ccco1)Nc1ccc(S(=O)(=O)C(F)F)cc1. The number of hydrogen-bond donors (Lipinski definition) is 1. The third kappa shape index (κ3) is 3.79. The Bertz CT molecular complexity index is 766. The predicted octanol–water partition coefficient (Wildman–Crippen LogP) is 2.93. The third-order valence-corrected chi connectivity index (χ3v) is 4.03. The molecule has 0 aliphatic rings. The van der Waals surface area contributed by atoms with Crippen molar-refractivity contribution in [1.82, 2.24) is 0 Å². The molecule has 1 heterocycles. The van der Waals surface area contributed by atoms with Gasteiger partial charge in [0.2, 0.25) is 15.7 Å². The van der Waals surface area contributed by atoms with Crippen LogP contribution in [0.4, 0.5) is 14.5 Å². The smallest absolute Gasteiger partial charge is 0.341 e. The van der Waals surface area contributed by atoms with E-state index >= 15 is 0 Å². The summed E-state index contributed by atoms with van der Waals surface area (Å²) in [6, 6.07) is 7.80. The van der Waals surface area contributed by atoms with Gasteiger partial charge in [-0.3, -0.25) is 4.79 Å². The second-order valence-corrected chi connectivity index (χ2v) is 6.09. The Morgan fingerprint density at radius 1 is 1.18 bits per heavy atom. The van der Waals surface area contributed by atoms with E-state index in [2.05, 4.69) is 5.32 Å². The molecule has 0 spiro atoms. The zero-order chi connectivity index (χ0) is 16.2. The Hall–Kier alpha value is -2.48.